The van der Waals surface area contributed by atoms with E-state index in [1.165, 1.54) is 12.1 Å². The standard InChI is InChI=1S/C20H28ClNO6S/c1-19(2,3)27-17(23)13-14(22-18(24)28-20(4,5)6)12-16(21)29(25,26)15-10-8-7-9-11-15/h7-12,14H,13H2,1-6H3,(H,22,24)/t14-/m1/s1. The van der Waals surface area contributed by atoms with Gasteiger partial charge in [0.05, 0.1) is 17.4 Å². The molecule has 0 aliphatic rings. The van der Waals surface area contributed by atoms with Gasteiger partial charge in [0.25, 0.3) is 0 Å². The predicted octanol–water partition coefficient (Wildman–Crippen LogP) is 4.17. The van der Waals surface area contributed by atoms with E-state index >= 15 is 0 Å². The molecule has 9 heteroatoms. The molecule has 1 N–H and O–H groups in total. The molecule has 0 saturated carbocycles. The molecule has 0 unspecified atom stereocenters. The van der Waals surface area contributed by atoms with Crippen LogP contribution >= 0.6 is 11.6 Å². The highest BCUT2D eigenvalue weighted by Gasteiger charge is 2.26. The van der Waals surface area contributed by atoms with Crippen LogP contribution in [0.3, 0.4) is 0 Å². The van der Waals surface area contributed by atoms with Gasteiger partial charge in [0.1, 0.15) is 15.6 Å². The minimum Gasteiger partial charge on any atom is -0.460 e. The summed E-state index contributed by atoms with van der Waals surface area (Å²) in [6.45, 7) is 10.1. The Labute approximate surface area is 177 Å². The number of rotatable bonds is 6. The fraction of sp³-hybridized carbons (Fsp3) is 0.500. The fourth-order valence-electron chi connectivity index (χ4n) is 2.13. The highest BCUT2D eigenvalue weighted by molar-refractivity contribution is 7.96. The van der Waals surface area contributed by atoms with Gasteiger partial charge >= 0.3 is 12.1 Å². The summed E-state index contributed by atoms with van der Waals surface area (Å²) in [6, 6.07) is 6.55. The number of halogens is 1. The first-order valence-electron chi connectivity index (χ1n) is 8.99. The lowest BCUT2D eigenvalue weighted by Crippen LogP contribution is -2.40. The van der Waals surface area contributed by atoms with Crippen molar-refractivity contribution in [2.24, 2.45) is 0 Å². The van der Waals surface area contributed by atoms with Gasteiger partial charge in [-0.3, -0.25) is 4.79 Å². The number of sulfone groups is 1. The van der Waals surface area contributed by atoms with Gasteiger partial charge in [-0.2, -0.15) is 0 Å². The lowest BCUT2D eigenvalue weighted by molar-refractivity contribution is -0.155. The van der Waals surface area contributed by atoms with Crippen LogP contribution in [-0.2, 0) is 24.1 Å². The quantitative estimate of drug-likeness (QED) is 0.660. The molecular formula is C20H28ClNO6S. The molecular weight excluding hydrogens is 418 g/mol. The van der Waals surface area contributed by atoms with Gasteiger partial charge in [-0.1, -0.05) is 29.8 Å². The second kappa shape index (κ2) is 9.63. The van der Waals surface area contributed by atoms with Crippen LogP contribution in [0.15, 0.2) is 45.7 Å². The maximum Gasteiger partial charge on any atom is 0.408 e. The molecule has 0 aromatic heterocycles. The number of esters is 1. The Morgan fingerprint density at radius 1 is 1.03 bits per heavy atom. The summed E-state index contributed by atoms with van der Waals surface area (Å²) >= 11 is 6.06. The molecule has 0 radical (unpaired) electrons. The molecule has 0 saturated heterocycles. The number of ether oxygens (including phenoxy) is 2. The number of hydrogen-bond acceptors (Lipinski definition) is 6. The maximum atomic E-state index is 12.6. The number of alkyl carbamates (subject to hydrolysis) is 1. The highest BCUT2D eigenvalue weighted by atomic mass is 35.5. The molecule has 1 atom stereocenters. The van der Waals surface area contributed by atoms with Gasteiger partial charge in [0, 0.05) is 0 Å². The van der Waals surface area contributed by atoms with Crippen molar-refractivity contribution in [1.82, 2.24) is 5.32 Å². The first-order chi connectivity index (χ1) is 13.1. The molecule has 7 nitrogen and oxygen atoms in total. The van der Waals surface area contributed by atoms with E-state index in [9.17, 15) is 18.0 Å². The Hall–Kier alpha value is -2.06. The minimum atomic E-state index is -3.99. The van der Waals surface area contributed by atoms with Crippen LogP contribution in [-0.4, -0.2) is 37.7 Å². The van der Waals surface area contributed by atoms with Crippen LogP contribution in [0.4, 0.5) is 4.79 Å². The van der Waals surface area contributed by atoms with E-state index < -0.39 is 43.5 Å². The summed E-state index contributed by atoms with van der Waals surface area (Å²) in [7, 11) is -3.99. The zero-order valence-electron chi connectivity index (χ0n) is 17.5. The maximum absolute atomic E-state index is 12.6. The van der Waals surface area contributed by atoms with E-state index in [0.717, 1.165) is 6.08 Å². The smallest absolute Gasteiger partial charge is 0.408 e. The number of hydrogen-bond donors (Lipinski definition) is 1. The Kier molecular flexibility index (Phi) is 8.29. The third-order valence-electron chi connectivity index (χ3n) is 3.15. The van der Waals surface area contributed by atoms with Crippen molar-refractivity contribution >= 4 is 33.5 Å². The third-order valence-corrected chi connectivity index (χ3v) is 5.43. The topological polar surface area (TPSA) is 98.8 Å². The zero-order valence-corrected chi connectivity index (χ0v) is 19.1. The van der Waals surface area contributed by atoms with Gasteiger partial charge in [-0.05, 0) is 59.8 Å². The van der Waals surface area contributed by atoms with Crippen molar-refractivity contribution in [1.29, 1.82) is 0 Å². The van der Waals surface area contributed by atoms with E-state index in [1.54, 1.807) is 59.7 Å². The first-order valence-corrected chi connectivity index (χ1v) is 10.8. The largest absolute Gasteiger partial charge is 0.460 e. The second-order valence-electron chi connectivity index (χ2n) is 8.33. The van der Waals surface area contributed by atoms with Gasteiger partial charge in [0.15, 0.2) is 0 Å². The van der Waals surface area contributed by atoms with Gasteiger partial charge < -0.3 is 14.8 Å². The average molecular weight is 446 g/mol. The summed E-state index contributed by atoms with van der Waals surface area (Å²) in [5, 5.41) is 2.46. The van der Waals surface area contributed by atoms with Crippen LogP contribution in [0.2, 0.25) is 0 Å². The molecule has 0 heterocycles. The second-order valence-corrected chi connectivity index (χ2v) is 10.9. The monoisotopic (exact) mass is 445 g/mol. The number of carbonyl (C=O) groups is 2. The van der Waals surface area contributed by atoms with Crippen LogP contribution in [0, 0.1) is 0 Å². The van der Waals surface area contributed by atoms with Crippen LogP contribution in [0.5, 0.6) is 0 Å². The van der Waals surface area contributed by atoms with Crippen LogP contribution < -0.4 is 5.32 Å². The Balaban J connectivity index is 3.13. The highest BCUT2D eigenvalue weighted by Crippen LogP contribution is 2.23. The van der Waals surface area contributed by atoms with Crippen LogP contribution in [0.1, 0.15) is 48.0 Å². The normalized spacial score (nSPS) is 14.1. The van der Waals surface area contributed by atoms with E-state index in [-0.39, 0.29) is 11.3 Å². The lowest BCUT2D eigenvalue weighted by atomic mass is 10.1. The summed E-state index contributed by atoms with van der Waals surface area (Å²) in [5.41, 5.74) is -1.51. The SMILES string of the molecule is CC(C)(C)OC(=O)C[C@@H](C=C(Cl)S(=O)(=O)c1ccccc1)NC(=O)OC(C)(C)C. The number of carbonyl (C=O) groups excluding carboxylic acids is 2. The zero-order chi connectivity index (χ0) is 22.5. The van der Waals surface area contributed by atoms with E-state index in [1.807, 2.05) is 0 Å². The average Bonchev–Trinajstić information content (AvgIpc) is 2.51. The Morgan fingerprint density at radius 3 is 2.03 bits per heavy atom. The summed E-state index contributed by atoms with van der Waals surface area (Å²) in [5.74, 6) is -0.628. The van der Waals surface area contributed by atoms with Crippen molar-refractivity contribution in [2.45, 2.75) is 70.1 Å². The van der Waals surface area contributed by atoms with Gasteiger partial charge in [-0.25, -0.2) is 13.2 Å². The van der Waals surface area contributed by atoms with Crippen molar-refractivity contribution < 1.29 is 27.5 Å². The molecule has 1 aromatic carbocycles. The first kappa shape index (κ1) is 25.0. The Morgan fingerprint density at radius 2 is 1.55 bits per heavy atom. The molecule has 1 amide bonds. The van der Waals surface area contributed by atoms with Crippen molar-refractivity contribution in [3.8, 4) is 0 Å². The van der Waals surface area contributed by atoms with Gasteiger partial charge in [0.2, 0.25) is 9.84 Å². The Bertz CT molecular complexity index is 821. The molecule has 0 bridgehead atoms. The molecule has 0 aliphatic carbocycles. The van der Waals surface area contributed by atoms with Crippen molar-refractivity contribution in [3.63, 3.8) is 0 Å². The molecule has 1 aromatic rings. The summed E-state index contributed by atoms with van der Waals surface area (Å²) in [4.78, 5) is 24.3. The van der Waals surface area contributed by atoms with Crippen molar-refractivity contribution in [2.75, 3.05) is 0 Å². The van der Waals surface area contributed by atoms with Crippen LogP contribution in [0.25, 0.3) is 0 Å². The third kappa shape index (κ3) is 9.32. The minimum absolute atomic E-state index is 0.00506. The van der Waals surface area contributed by atoms with Gasteiger partial charge in [-0.15, -0.1) is 0 Å². The van der Waals surface area contributed by atoms with E-state index in [4.69, 9.17) is 21.1 Å². The number of benzene rings is 1. The number of nitrogens with one attached hydrogen (secondary N) is 1. The van der Waals surface area contributed by atoms with Crippen molar-refractivity contribution in [3.05, 3.63) is 40.8 Å². The van der Waals surface area contributed by atoms with E-state index in [2.05, 4.69) is 5.32 Å². The molecule has 0 fully saturated rings. The predicted molar refractivity (Wildman–Crippen MR) is 111 cm³/mol. The lowest BCUT2D eigenvalue weighted by Gasteiger charge is -2.24. The molecule has 162 valence electrons. The molecule has 1 rings (SSSR count). The molecule has 0 aliphatic heterocycles. The summed E-state index contributed by atoms with van der Waals surface area (Å²) in [6.07, 6.45) is -0.0433. The molecule has 29 heavy (non-hydrogen) atoms. The summed E-state index contributed by atoms with van der Waals surface area (Å²) < 4.78 is 35.2. The number of amides is 1. The fourth-order valence-corrected chi connectivity index (χ4v) is 3.64. The van der Waals surface area contributed by atoms with E-state index in [0.29, 0.717) is 0 Å². The molecule has 0 spiro atoms.